The molecule has 3 aromatic carbocycles. The van der Waals surface area contributed by atoms with Gasteiger partial charge in [-0.25, -0.2) is 30.2 Å². The van der Waals surface area contributed by atoms with Crippen LogP contribution in [0.2, 0.25) is 0 Å². The largest absolute Gasteiger partial charge is 0.482 e. The summed E-state index contributed by atoms with van der Waals surface area (Å²) >= 11 is 2.70. The number of carbonyl (C=O) groups is 2. The van der Waals surface area contributed by atoms with Crippen LogP contribution in [0.5, 0.6) is 11.5 Å². The highest BCUT2D eigenvalue weighted by molar-refractivity contribution is 7.20. The van der Waals surface area contributed by atoms with Crippen molar-refractivity contribution in [3.63, 3.8) is 0 Å². The number of nitriles is 2. The number of ether oxygens (including phenoxy) is 2. The topological polar surface area (TPSA) is 134 Å². The molecule has 0 amide bonds. The average molecular weight is 765 g/mol. The van der Waals surface area contributed by atoms with Crippen LogP contribution < -0.4 is 9.47 Å². The first-order valence-corrected chi connectivity index (χ1v) is 18.9. The molecular formula is C44H24N6O4S2. The van der Waals surface area contributed by atoms with Crippen LogP contribution in [-0.2, 0) is 11.2 Å². The maximum atomic E-state index is 13.6. The fourth-order valence-corrected chi connectivity index (χ4v) is 9.70. The van der Waals surface area contributed by atoms with Crippen LogP contribution in [0.1, 0.15) is 70.7 Å². The van der Waals surface area contributed by atoms with Crippen molar-refractivity contribution in [3.8, 4) is 44.5 Å². The summed E-state index contributed by atoms with van der Waals surface area (Å²) in [7, 11) is 0. The van der Waals surface area contributed by atoms with Gasteiger partial charge in [0, 0.05) is 56.7 Å². The summed E-state index contributed by atoms with van der Waals surface area (Å²) in [5.41, 5.74) is 4.06. The number of rotatable bonds is 2. The average Bonchev–Trinajstić information content (AvgIpc) is 3.92. The smallest absolute Gasteiger partial charge is 0.271 e. The van der Waals surface area contributed by atoms with Gasteiger partial charge in [0.25, 0.3) is 11.4 Å². The molecule has 9 rings (SSSR count). The van der Waals surface area contributed by atoms with Gasteiger partial charge in [0.05, 0.1) is 35.0 Å². The number of hydrogen-bond acceptors (Lipinski definition) is 10. The van der Waals surface area contributed by atoms with Gasteiger partial charge in [-0.2, -0.15) is 0 Å². The van der Waals surface area contributed by atoms with Gasteiger partial charge in [-0.3, -0.25) is 9.59 Å². The van der Waals surface area contributed by atoms with Gasteiger partial charge in [-0.1, -0.05) is 48.5 Å². The van der Waals surface area contributed by atoms with Crippen LogP contribution in [-0.4, -0.2) is 23.0 Å². The zero-order chi connectivity index (χ0) is 39.3. The Labute approximate surface area is 328 Å². The number of fused-ring (bicyclic) bond motifs is 8. The SMILES string of the molecule is [C-]#[N+]C(C#N)=C1C(=Nc2cc3c(s2)-c2cc4c(cc2C(C)(C)O3)-c2sc(N=C3C(=O)c5ccccc5/C3=C(/C#N)[N+]#[C-])cc2OC4(C)C)C(=O)c2ccccc21. The van der Waals surface area contributed by atoms with E-state index in [0.29, 0.717) is 43.8 Å². The Hall–Kier alpha value is -7.22. The summed E-state index contributed by atoms with van der Waals surface area (Å²) in [6, 6.07) is 25.5. The minimum atomic E-state index is -0.788. The first kappa shape index (κ1) is 34.5. The van der Waals surface area contributed by atoms with Gasteiger partial charge in [0.1, 0.15) is 44.1 Å². The van der Waals surface area contributed by atoms with E-state index in [0.717, 1.165) is 32.0 Å². The number of carbonyl (C=O) groups excluding carboxylic acids is 2. The number of hydrogen-bond donors (Lipinski definition) is 0. The van der Waals surface area contributed by atoms with E-state index in [4.69, 9.17) is 32.6 Å². The molecule has 0 bridgehead atoms. The van der Waals surface area contributed by atoms with Crippen molar-refractivity contribution in [2.24, 2.45) is 9.98 Å². The first-order valence-electron chi connectivity index (χ1n) is 17.2. The Morgan fingerprint density at radius 2 is 1.00 bits per heavy atom. The third kappa shape index (κ3) is 4.95. The molecule has 2 aromatic heterocycles. The molecule has 0 atom stereocenters. The second kappa shape index (κ2) is 12.1. The number of Topliss-reactive ketones (excluding diaryl/α,β-unsaturated/α-hetero) is 2. The fraction of sp³-hybridized carbons (Fsp3) is 0.136. The molecule has 0 unspecified atom stereocenters. The van der Waals surface area contributed by atoms with E-state index < -0.39 is 11.2 Å². The Morgan fingerprint density at radius 3 is 1.36 bits per heavy atom. The number of thiophene rings is 2. The second-order valence-electron chi connectivity index (χ2n) is 14.3. The van der Waals surface area contributed by atoms with Crippen LogP contribution >= 0.6 is 22.7 Å². The molecule has 4 heterocycles. The molecule has 4 aliphatic rings. The van der Waals surface area contributed by atoms with Gasteiger partial charge < -0.3 is 9.47 Å². The van der Waals surface area contributed by atoms with Crippen LogP contribution in [0.3, 0.4) is 0 Å². The molecule has 0 saturated heterocycles. The van der Waals surface area contributed by atoms with E-state index in [1.165, 1.54) is 22.7 Å². The quantitative estimate of drug-likeness (QED) is 0.130. The van der Waals surface area contributed by atoms with Crippen molar-refractivity contribution in [1.29, 1.82) is 10.5 Å². The minimum absolute atomic E-state index is 0.0464. The van der Waals surface area contributed by atoms with Gasteiger partial charge in [0.2, 0.25) is 11.6 Å². The summed E-state index contributed by atoms with van der Waals surface area (Å²) in [6.45, 7) is 23.2. The molecule has 0 fully saturated rings. The Kier molecular flexibility index (Phi) is 7.49. The van der Waals surface area contributed by atoms with E-state index >= 15 is 0 Å². The van der Waals surface area contributed by atoms with E-state index in [-0.39, 0.29) is 45.5 Å². The van der Waals surface area contributed by atoms with E-state index in [1.807, 2.05) is 39.8 Å². The van der Waals surface area contributed by atoms with Gasteiger partial charge >= 0.3 is 0 Å². The van der Waals surface area contributed by atoms with Gasteiger partial charge in [-0.05, 0) is 51.0 Å². The molecule has 0 saturated carbocycles. The third-order valence-corrected chi connectivity index (χ3v) is 12.3. The Balaban J connectivity index is 1.16. The molecule has 12 heteroatoms. The van der Waals surface area contributed by atoms with Crippen LogP contribution in [0, 0.1) is 35.8 Å². The highest BCUT2D eigenvalue weighted by Gasteiger charge is 2.42. The van der Waals surface area contributed by atoms with Crippen molar-refractivity contribution in [2.75, 3.05) is 0 Å². The zero-order valence-electron chi connectivity index (χ0n) is 30.1. The van der Waals surface area contributed by atoms with Crippen LogP contribution in [0.25, 0.3) is 41.7 Å². The zero-order valence-corrected chi connectivity index (χ0v) is 31.7. The summed E-state index contributed by atoms with van der Waals surface area (Å²) in [5, 5.41) is 20.5. The van der Waals surface area contributed by atoms with Gasteiger partial charge in [0.15, 0.2) is 0 Å². The monoisotopic (exact) mass is 764 g/mol. The van der Waals surface area contributed by atoms with E-state index in [9.17, 15) is 20.1 Å². The predicted octanol–water partition coefficient (Wildman–Crippen LogP) is 10.6. The molecule has 5 aromatic rings. The molecule has 266 valence electrons. The molecule has 2 aliphatic heterocycles. The highest BCUT2D eigenvalue weighted by Crippen LogP contribution is 2.58. The summed E-state index contributed by atoms with van der Waals surface area (Å²) in [6.07, 6.45) is 0. The first-order chi connectivity index (χ1) is 26.9. The lowest BCUT2D eigenvalue weighted by molar-refractivity contribution is 0.102. The molecule has 56 heavy (non-hydrogen) atoms. The maximum Gasteiger partial charge on any atom is 0.271 e. The van der Waals surface area contributed by atoms with E-state index in [2.05, 4.69) is 21.8 Å². The molecule has 0 N–H and O–H groups in total. The lowest BCUT2D eigenvalue weighted by atomic mass is 9.81. The number of benzene rings is 3. The minimum Gasteiger partial charge on any atom is -0.482 e. The number of allylic oxidation sites excluding steroid dienone is 4. The standard InChI is InChI=1S/C44H24N6O4S2/c1-43(2)27-15-26-28(16-25(27)41-31(53-43)17-33(55-41)49-37-35(29(19-45)47-5)21-11-7-9-13-23(21)39(37)51)44(3,4)54-32-18-34(56-42(26)32)50-38-36(30(20-46)48-6)22-12-8-10-14-24(22)40(38)52/h7-18H,1-4H3/b35-29+,36-30?,49-37?,50-38?. The molecule has 0 spiro atoms. The fourth-order valence-electron chi connectivity index (χ4n) is 7.71. The normalized spacial score (nSPS) is 19.4. The van der Waals surface area contributed by atoms with Crippen LogP contribution in [0.4, 0.5) is 10.0 Å². The lowest BCUT2D eigenvalue weighted by Crippen LogP contribution is -2.32. The van der Waals surface area contributed by atoms with Crippen molar-refractivity contribution in [3.05, 3.63) is 140 Å². The molecular weight excluding hydrogens is 741 g/mol. The summed E-state index contributed by atoms with van der Waals surface area (Å²) < 4.78 is 13.2. The molecule has 2 aliphatic carbocycles. The number of nitrogens with zero attached hydrogens (tertiary/aromatic N) is 6. The summed E-state index contributed by atoms with van der Waals surface area (Å²) in [4.78, 5) is 45.2. The predicted molar refractivity (Wildman–Crippen MR) is 214 cm³/mol. The lowest BCUT2D eigenvalue weighted by Gasteiger charge is -2.38. The number of ketones is 2. The Bertz CT molecular complexity index is 2780. The summed E-state index contributed by atoms with van der Waals surface area (Å²) in [5.74, 6) is 0.487. The van der Waals surface area contributed by atoms with Crippen molar-refractivity contribution in [1.82, 2.24) is 0 Å². The van der Waals surface area contributed by atoms with Gasteiger partial charge in [-0.15, -0.1) is 22.7 Å². The molecule has 0 radical (unpaired) electrons. The third-order valence-electron chi connectivity index (χ3n) is 10.2. The number of aliphatic imine (C=N–C) groups is 2. The van der Waals surface area contributed by atoms with Crippen molar-refractivity contribution >= 4 is 66.8 Å². The second-order valence-corrected chi connectivity index (χ2v) is 16.4. The molecule has 10 nitrogen and oxygen atoms in total. The Morgan fingerprint density at radius 1 is 0.625 bits per heavy atom. The maximum absolute atomic E-state index is 13.6. The van der Waals surface area contributed by atoms with Crippen molar-refractivity contribution in [2.45, 2.75) is 38.9 Å². The van der Waals surface area contributed by atoms with E-state index in [1.54, 1.807) is 60.7 Å². The van der Waals surface area contributed by atoms with Crippen LogP contribution in [0.15, 0.2) is 94.2 Å². The van der Waals surface area contributed by atoms with Crippen molar-refractivity contribution < 1.29 is 19.1 Å². The highest BCUT2D eigenvalue weighted by atomic mass is 32.1.